The van der Waals surface area contributed by atoms with Gasteiger partial charge < -0.3 is 4.90 Å². The summed E-state index contributed by atoms with van der Waals surface area (Å²) in [7, 11) is 0. The maximum atomic E-state index is 12.5. The number of halogens is 3. The standard InChI is InChI=1S/C10H11F3N4O2/c11-10(12,13)7-1-3-16(4-2-7)9-8(17(18)19)5-14-6-15-9/h5-7H,1-4H2. The van der Waals surface area contributed by atoms with Crippen LogP contribution in [-0.2, 0) is 0 Å². The van der Waals surface area contributed by atoms with E-state index >= 15 is 0 Å². The number of anilines is 1. The second-order valence-electron chi connectivity index (χ2n) is 4.29. The molecule has 9 heteroatoms. The molecule has 2 rings (SSSR count). The Bertz CT molecular complexity index is 472. The van der Waals surface area contributed by atoms with E-state index in [0.717, 1.165) is 12.5 Å². The van der Waals surface area contributed by atoms with Crippen molar-refractivity contribution in [2.45, 2.75) is 19.0 Å². The van der Waals surface area contributed by atoms with Crippen molar-refractivity contribution >= 4 is 11.5 Å². The number of hydrogen-bond donors (Lipinski definition) is 0. The monoisotopic (exact) mass is 276 g/mol. The highest BCUT2D eigenvalue weighted by atomic mass is 19.4. The predicted octanol–water partition coefficient (Wildman–Crippen LogP) is 2.16. The van der Waals surface area contributed by atoms with Crippen LogP contribution in [0.5, 0.6) is 0 Å². The van der Waals surface area contributed by atoms with Gasteiger partial charge in [-0.1, -0.05) is 0 Å². The van der Waals surface area contributed by atoms with Gasteiger partial charge in [-0.3, -0.25) is 10.1 Å². The van der Waals surface area contributed by atoms with Gasteiger partial charge >= 0.3 is 11.9 Å². The number of piperidine rings is 1. The molecule has 0 spiro atoms. The molecule has 1 aromatic rings. The second kappa shape index (κ2) is 4.98. The fourth-order valence-electron chi connectivity index (χ4n) is 2.11. The lowest BCUT2D eigenvalue weighted by Gasteiger charge is -2.33. The Hall–Kier alpha value is -1.93. The average molecular weight is 276 g/mol. The van der Waals surface area contributed by atoms with E-state index in [4.69, 9.17) is 0 Å². The fraction of sp³-hybridized carbons (Fsp3) is 0.600. The summed E-state index contributed by atoms with van der Waals surface area (Å²) in [6, 6.07) is 0. The third-order valence-electron chi connectivity index (χ3n) is 3.13. The molecule has 0 bridgehead atoms. The number of nitrogens with zero attached hydrogens (tertiary/aromatic N) is 4. The minimum atomic E-state index is -4.20. The first-order valence-electron chi connectivity index (χ1n) is 5.65. The van der Waals surface area contributed by atoms with Crippen LogP contribution >= 0.6 is 0 Å². The molecule has 1 aliphatic heterocycles. The fourth-order valence-corrected chi connectivity index (χ4v) is 2.11. The molecule has 0 radical (unpaired) electrons. The van der Waals surface area contributed by atoms with E-state index in [-0.39, 0.29) is 37.4 Å². The van der Waals surface area contributed by atoms with Gasteiger partial charge in [0.2, 0.25) is 5.82 Å². The van der Waals surface area contributed by atoms with Crippen molar-refractivity contribution in [2.24, 2.45) is 5.92 Å². The lowest BCUT2D eigenvalue weighted by molar-refractivity contribution is -0.384. The van der Waals surface area contributed by atoms with E-state index in [1.807, 2.05) is 0 Å². The zero-order valence-corrected chi connectivity index (χ0v) is 9.80. The quantitative estimate of drug-likeness (QED) is 0.611. The normalized spacial score (nSPS) is 17.5. The van der Waals surface area contributed by atoms with Gasteiger partial charge in [0.1, 0.15) is 12.5 Å². The topological polar surface area (TPSA) is 72.2 Å². The molecule has 0 amide bonds. The molecule has 6 nitrogen and oxygen atoms in total. The zero-order chi connectivity index (χ0) is 14.0. The van der Waals surface area contributed by atoms with Crippen LogP contribution in [0.15, 0.2) is 12.5 Å². The summed E-state index contributed by atoms with van der Waals surface area (Å²) in [6.45, 7) is 0.198. The van der Waals surface area contributed by atoms with E-state index in [9.17, 15) is 23.3 Å². The van der Waals surface area contributed by atoms with Crippen LogP contribution in [0.1, 0.15) is 12.8 Å². The lowest BCUT2D eigenvalue weighted by atomic mass is 9.96. The number of aromatic nitrogens is 2. The first-order chi connectivity index (χ1) is 8.89. The summed E-state index contributed by atoms with van der Waals surface area (Å²) < 4.78 is 37.6. The van der Waals surface area contributed by atoms with E-state index in [2.05, 4.69) is 9.97 Å². The van der Waals surface area contributed by atoms with Gasteiger partial charge in [0.15, 0.2) is 0 Å². The van der Waals surface area contributed by atoms with Gasteiger partial charge in [0.05, 0.1) is 10.8 Å². The van der Waals surface area contributed by atoms with Crippen LogP contribution in [0.4, 0.5) is 24.7 Å². The molecular weight excluding hydrogens is 265 g/mol. The SMILES string of the molecule is O=[N+]([O-])c1cncnc1N1CCC(C(F)(F)F)CC1. The minimum Gasteiger partial charge on any atom is -0.351 e. The molecule has 0 atom stereocenters. The molecule has 0 aromatic carbocycles. The van der Waals surface area contributed by atoms with Crippen molar-refractivity contribution in [3.05, 3.63) is 22.6 Å². The second-order valence-corrected chi connectivity index (χ2v) is 4.29. The van der Waals surface area contributed by atoms with E-state index in [1.165, 1.54) is 4.90 Å². The Kier molecular flexibility index (Phi) is 3.54. The molecule has 1 aromatic heterocycles. The molecular formula is C10H11F3N4O2. The number of rotatable bonds is 2. The van der Waals surface area contributed by atoms with Crippen LogP contribution in [0.25, 0.3) is 0 Å². The van der Waals surface area contributed by atoms with Gasteiger partial charge in [0, 0.05) is 13.1 Å². The highest BCUT2D eigenvalue weighted by Crippen LogP contribution is 2.36. The molecule has 0 aliphatic carbocycles. The summed E-state index contributed by atoms with van der Waals surface area (Å²) in [4.78, 5) is 19.0. The third-order valence-corrected chi connectivity index (χ3v) is 3.13. The van der Waals surface area contributed by atoms with E-state index in [0.29, 0.717) is 0 Å². The molecule has 0 saturated carbocycles. The van der Waals surface area contributed by atoms with Crippen molar-refractivity contribution in [2.75, 3.05) is 18.0 Å². The number of hydrogen-bond acceptors (Lipinski definition) is 5. The van der Waals surface area contributed by atoms with Gasteiger partial charge in [-0.05, 0) is 12.8 Å². The molecule has 1 saturated heterocycles. The maximum Gasteiger partial charge on any atom is 0.391 e. The first kappa shape index (κ1) is 13.5. The van der Waals surface area contributed by atoms with Crippen molar-refractivity contribution in [3.8, 4) is 0 Å². The predicted molar refractivity (Wildman–Crippen MR) is 59.7 cm³/mol. The number of nitro groups is 1. The summed E-state index contributed by atoms with van der Waals surface area (Å²) >= 11 is 0. The van der Waals surface area contributed by atoms with Gasteiger partial charge in [-0.15, -0.1) is 0 Å². The largest absolute Gasteiger partial charge is 0.391 e. The molecule has 0 unspecified atom stereocenters. The molecule has 2 heterocycles. The average Bonchev–Trinajstić information content (AvgIpc) is 2.38. The van der Waals surface area contributed by atoms with Crippen LogP contribution in [0.3, 0.4) is 0 Å². The smallest absolute Gasteiger partial charge is 0.351 e. The van der Waals surface area contributed by atoms with Crippen LogP contribution in [-0.4, -0.2) is 34.2 Å². The lowest BCUT2D eigenvalue weighted by Crippen LogP contribution is -2.39. The van der Waals surface area contributed by atoms with Crippen molar-refractivity contribution in [1.29, 1.82) is 0 Å². The Balaban J connectivity index is 2.12. The first-order valence-corrected chi connectivity index (χ1v) is 5.65. The maximum absolute atomic E-state index is 12.5. The van der Waals surface area contributed by atoms with Crippen LogP contribution in [0, 0.1) is 16.0 Å². The summed E-state index contributed by atoms with van der Waals surface area (Å²) in [5, 5.41) is 10.8. The number of alkyl halides is 3. The van der Waals surface area contributed by atoms with Gasteiger partial charge in [-0.25, -0.2) is 9.97 Å². The third kappa shape index (κ3) is 2.91. The summed E-state index contributed by atoms with van der Waals surface area (Å²) in [6.07, 6.45) is -2.16. The van der Waals surface area contributed by atoms with Crippen molar-refractivity contribution in [3.63, 3.8) is 0 Å². The Labute approximate surface area is 106 Å². The highest BCUT2D eigenvalue weighted by Gasteiger charge is 2.41. The van der Waals surface area contributed by atoms with E-state index < -0.39 is 17.0 Å². The van der Waals surface area contributed by atoms with Gasteiger partial charge in [-0.2, -0.15) is 13.2 Å². The summed E-state index contributed by atoms with van der Waals surface area (Å²) in [5.41, 5.74) is -0.284. The van der Waals surface area contributed by atoms with Crippen LogP contribution < -0.4 is 4.90 Å². The zero-order valence-electron chi connectivity index (χ0n) is 9.80. The Morgan fingerprint density at radius 2 is 2.00 bits per heavy atom. The molecule has 1 fully saturated rings. The van der Waals surface area contributed by atoms with Crippen molar-refractivity contribution in [1.82, 2.24) is 9.97 Å². The van der Waals surface area contributed by atoms with Crippen LogP contribution in [0.2, 0.25) is 0 Å². The highest BCUT2D eigenvalue weighted by molar-refractivity contribution is 5.56. The Morgan fingerprint density at radius 1 is 1.37 bits per heavy atom. The minimum absolute atomic E-state index is 0.0787. The molecule has 19 heavy (non-hydrogen) atoms. The van der Waals surface area contributed by atoms with Gasteiger partial charge in [0.25, 0.3) is 0 Å². The summed E-state index contributed by atoms with van der Waals surface area (Å²) in [5.74, 6) is -1.26. The molecule has 1 aliphatic rings. The molecule has 0 N–H and O–H groups in total. The molecule has 104 valence electrons. The Morgan fingerprint density at radius 3 is 2.53 bits per heavy atom. The van der Waals surface area contributed by atoms with E-state index in [1.54, 1.807) is 0 Å². The van der Waals surface area contributed by atoms with Crippen molar-refractivity contribution < 1.29 is 18.1 Å².